The molecule has 90 valence electrons. The Hall–Kier alpha value is 0.450. The molecule has 0 N–H and O–H groups in total. The van der Waals surface area contributed by atoms with Crippen LogP contribution in [0.25, 0.3) is 0 Å². The van der Waals surface area contributed by atoms with Crippen molar-refractivity contribution in [1.29, 1.82) is 0 Å². The molecule has 1 saturated heterocycles. The monoisotopic (exact) mass is 367 g/mol. The average molecular weight is 367 g/mol. The molecule has 1 aromatic rings. The van der Waals surface area contributed by atoms with E-state index in [4.69, 9.17) is 0 Å². The zero-order valence-corrected chi connectivity index (χ0v) is 13.4. The summed E-state index contributed by atoms with van der Waals surface area (Å²) in [6.07, 6.45) is 7.50. The van der Waals surface area contributed by atoms with Crippen LogP contribution in [0.3, 0.4) is 0 Å². The summed E-state index contributed by atoms with van der Waals surface area (Å²) in [6, 6.07) is 4.39. The fraction of sp³-hybridized carbons (Fsp3) is 0.583. The lowest BCUT2D eigenvalue weighted by atomic mass is 10.1. The highest BCUT2D eigenvalue weighted by molar-refractivity contribution is 8.13. The van der Waals surface area contributed by atoms with Crippen LogP contribution in [0, 0.1) is 0 Å². The highest BCUT2D eigenvalue weighted by Crippen LogP contribution is 2.15. The van der Waals surface area contributed by atoms with Crippen LogP contribution in [0.4, 0.5) is 0 Å². The summed E-state index contributed by atoms with van der Waals surface area (Å²) in [5.74, 6) is 0. The van der Waals surface area contributed by atoms with Crippen molar-refractivity contribution in [2.45, 2.75) is 25.7 Å². The molecule has 1 aliphatic rings. The number of hydrogen-bond acceptors (Lipinski definition) is 2. The normalized spacial score (nSPS) is 15.7. The first-order chi connectivity index (χ1) is 7.40. The Morgan fingerprint density at radius 1 is 1.38 bits per heavy atom. The Morgan fingerprint density at radius 2 is 2.12 bits per heavy atom. The third-order valence-corrected chi connectivity index (χ3v) is 4.60. The maximum atomic E-state index is 2.58. The molecule has 0 bridgehead atoms. The molecule has 1 aliphatic heterocycles. The van der Waals surface area contributed by atoms with E-state index in [0.29, 0.717) is 0 Å². The van der Waals surface area contributed by atoms with Crippen LogP contribution < -0.4 is 24.0 Å². The summed E-state index contributed by atoms with van der Waals surface area (Å²) < 4.78 is 2.58. The fourth-order valence-electron chi connectivity index (χ4n) is 2.02. The lowest BCUT2D eigenvalue weighted by Gasteiger charge is -2.12. The van der Waals surface area contributed by atoms with E-state index in [2.05, 4.69) is 28.3 Å². The first-order valence-electron chi connectivity index (χ1n) is 5.57. The molecule has 16 heavy (non-hydrogen) atoms. The Kier molecular flexibility index (Phi) is 7.00. The quantitative estimate of drug-likeness (QED) is 0.412. The standard InChI is InChI=1S/C12H18NS2.HI/c1-14-12(10-11-6-5-9-15-11)13-7-3-2-4-8-13;/h5-6,9H,2-4,7-8,10H2,1H3;1H/q+1;/p-1. The minimum absolute atomic E-state index is 0. The van der Waals surface area contributed by atoms with Gasteiger partial charge in [0.2, 0.25) is 5.04 Å². The molecule has 0 radical (unpaired) electrons. The molecule has 0 unspecified atom stereocenters. The molecule has 1 fully saturated rings. The van der Waals surface area contributed by atoms with Crippen molar-refractivity contribution in [1.82, 2.24) is 0 Å². The van der Waals surface area contributed by atoms with Crippen LogP contribution in [0.15, 0.2) is 17.5 Å². The van der Waals surface area contributed by atoms with Crippen LogP contribution in [0.2, 0.25) is 0 Å². The summed E-state index contributed by atoms with van der Waals surface area (Å²) in [5.41, 5.74) is 0. The third-order valence-electron chi connectivity index (χ3n) is 2.85. The smallest absolute Gasteiger partial charge is 0.215 e. The molecule has 0 amide bonds. The molecule has 1 aromatic heterocycles. The molecule has 4 heteroatoms. The minimum Gasteiger partial charge on any atom is -1.00 e. The third kappa shape index (κ3) is 4.04. The van der Waals surface area contributed by atoms with Crippen molar-refractivity contribution >= 4 is 28.1 Å². The van der Waals surface area contributed by atoms with Crippen molar-refractivity contribution < 1.29 is 28.6 Å². The van der Waals surface area contributed by atoms with Gasteiger partial charge in [-0.2, -0.15) is 0 Å². The number of piperidine rings is 1. The largest absolute Gasteiger partial charge is 1.00 e. The van der Waals surface area contributed by atoms with Gasteiger partial charge in [0.05, 0.1) is 6.42 Å². The van der Waals surface area contributed by atoms with Gasteiger partial charge in [-0.25, -0.2) is 4.58 Å². The predicted molar refractivity (Wildman–Crippen MR) is 70.4 cm³/mol. The molecule has 2 rings (SSSR count). The van der Waals surface area contributed by atoms with Crippen LogP contribution in [0.5, 0.6) is 0 Å². The summed E-state index contributed by atoms with van der Waals surface area (Å²) in [6.45, 7) is 2.53. The van der Waals surface area contributed by atoms with Crippen molar-refractivity contribution in [2.24, 2.45) is 0 Å². The van der Waals surface area contributed by atoms with Gasteiger partial charge in [-0.3, -0.25) is 0 Å². The summed E-state index contributed by atoms with van der Waals surface area (Å²) in [5, 5.41) is 3.72. The van der Waals surface area contributed by atoms with Gasteiger partial charge in [-0.05, 0) is 24.1 Å². The molecule has 0 atom stereocenters. The maximum Gasteiger partial charge on any atom is 0.215 e. The van der Waals surface area contributed by atoms with Gasteiger partial charge in [0, 0.05) is 17.7 Å². The van der Waals surface area contributed by atoms with E-state index in [1.165, 1.54) is 37.2 Å². The summed E-state index contributed by atoms with van der Waals surface area (Å²) >= 11 is 3.79. The Balaban J connectivity index is 0.00000128. The Bertz CT molecular complexity index is 325. The van der Waals surface area contributed by atoms with E-state index < -0.39 is 0 Å². The summed E-state index contributed by atoms with van der Waals surface area (Å²) in [4.78, 5) is 1.49. The van der Waals surface area contributed by atoms with Gasteiger partial charge in [-0.15, -0.1) is 11.3 Å². The van der Waals surface area contributed by atoms with Crippen LogP contribution in [-0.2, 0) is 6.42 Å². The van der Waals surface area contributed by atoms with Gasteiger partial charge in [0.1, 0.15) is 13.1 Å². The number of thioether (sulfide) groups is 1. The zero-order chi connectivity index (χ0) is 10.5. The first kappa shape index (κ1) is 14.5. The van der Waals surface area contributed by atoms with Crippen LogP contribution in [0.1, 0.15) is 24.1 Å². The molecule has 0 saturated carbocycles. The van der Waals surface area contributed by atoms with Crippen LogP contribution in [-0.4, -0.2) is 29.0 Å². The highest BCUT2D eigenvalue weighted by Gasteiger charge is 2.17. The second-order valence-corrected chi connectivity index (χ2v) is 5.81. The second kappa shape index (κ2) is 7.71. The van der Waals surface area contributed by atoms with Gasteiger partial charge < -0.3 is 24.0 Å². The van der Waals surface area contributed by atoms with Gasteiger partial charge in [-0.1, -0.05) is 17.8 Å². The van der Waals surface area contributed by atoms with E-state index >= 15 is 0 Å². The van der Waals surface area contributed by atoms with Crippen LogP contribution >= 0.6 is 23.1 Å². The topological polar surface area (TPSA) is 3.01 Å². The van der Waals surface area contributed by atoms with Gasteiger partial charge in [0.25, 0.3) is 0 Å². The molecule has 2 heterocycles. The Morgan fingerprint density at radius 3 is 2.69 bits per heavy atom. The predicted octanol–water partition coefficient (Wildman–Crippen LogP) is 0.253. The van der Waals surface area contributed by atoms with E-state index in [1.54, 1.807) is 5.04 Å². The van der Waals surface area contributed by atoms with Crippen molar-refractivity contribution in [2.75, 3.05) is 19.3 Å². The molecule has 0 aliphatic carbocycles. The molecule has 0 aromatic carbocycles. The van der Waals surface area contributed by atoms with E-state index in [1.807, 2.05) is 23.1 Å². The lowest BCUT2D eigenvalue weighted by Crippen LogP contribution is -3.00. The fourth-order valence-corrected chi connectivity index (χ4v) is 3.56. The molecular formula is C12H18INS2. The van der Waals surface area contributed by atoms with Gasteiger partial charge in [0.15, 0.2) is 0 Å². The van der Waals surface area contributed by atoms with E-state index in [9.17, 15) is 0 Å². The van der Waals surface area contributed by atoms with Crippen molar-refractivity contribution in [3.63, 3.8) is 0 Å². The van der Waals surface area contributed by atoms with Gasteiger partial charge >= 0.3 is 0 Å². The molecule has 1 nitrogen and oxygen atoms in total. The molecular weight excluding hydrogens is 349 g/mol. The summed E-state index contributed by atoms with van der Waals surface area (Å²) in [7, 11) is 0. The van der Waals surface area contributed by atoms with E-state index in [0.717, 1.165) is 6.42 Å². The number of rotatable bonds is 2. The van der Waals surface area contributed by atoms with Crippen molar-refractivity contribution in [3.05, 3.63) is 22.4 Å². The lowest BCUT2D eigenvalue weighted by molar-refractivity contribution is -0.535. The molecule has 0 spiro atoms. The Labute approximate surface area is 123 Å². The number of thiophene rings is 1. The highest BCUT2D eigenvalue weighted by atomic mass is 127. The minimum atomic E-state index is 0. The maximum absolute atomic E-state index is 2.58. The van der Waals surface area contributed by atoms with E-state index in [-0.39, 0.29) is 24.0 Å². The zero-order valence-electron chi connectivity index (χ0n) is 9.62. The SMILES string of the molecule is CSC(Cc1cccs1)=[N+]1CCCCC1.[I-]. The first-order valence-corrected chi connectivity index (χ1v) is 7.68. The second-order valence-electron chi connectivity index (χ2n) is 3.90. The average Bonchev–Trinajstić information content (AvgIpc) is 2.80. The number of nitrogens with zero attached hydrogens (tertiary/aromatic N) is 1. The number of halogens is 1. The van der Waals surface area contributed by atoms with Crippen molar-refractivity contribution in [3.8, 4) is 0 Å². The number of hydrogen-bond donors (Lipinski definition) is 0.